The summed E-state index contributed by atoms with van der Waals surface area (Å²) in [5, 5.41) is 5.07. The lowest BCUT2D eigenvalue weighted by Crippen LogP contribution is -2.23. The molecule has 0 spiro atoms. The molecule has 0 aliphatic rings. The SMILES string of the molecule is COC(=O)c1ccc(S(=O)(=O)NCc2ccc(OCc3c(-c4c(Cl)cccc4Cl)noc3C(C)C)nc2OC)cc1. The molecular weight excluding hydrogens is 593 g/mol. The molecule has 1 N–H and O–H groups in total. The van der Waals surface area contributed by atoms with Gasteiger partial charge in [0.15, 0.2) is 0 Å². The molecule has 0 saturated heterocycles. The molecule has 4 aromatic rings. The Bertz CT molecular complexity index is 1640. The van der Waals surface area contributed by atoms with Crippen LogP contribution in [-0.2, 0) is 27.9 Å². The second-order valence-corrected chi connectivity index (χ2v) is 11.7. The lowest BCUT2D eigenvalue weighted by atomic mass is 10.0. The predicted molar refractivity (Wildman–Crippen MR) is 153 cm³/mol. The fourth-order valence-corrected chi connectivity index (χ4v) is 5.55. The van der Waals surface area contributed by atoms with Gasteiger partial charge in [-0.2, -0.15) is 4.98 Å². The van der Waals surface area contributed by atoms with E-state index in [2.05, 4.69) is 19.6 Å². The molecule has 41 heavy (non-hydrogen) atoms. The van der Waals surface area contributed by atoms with E-state index in [1.54, 1.807) is 30.3 Å². The zero-order valence-corrected chi connectivity index (χ0v) is 24.9. The fraction of sp³-hybridized carbons (Fsp3) is 0.250. The molecule has 2 aromatic heterocycles. The van der Waals surface area contributed by atoms with Crippen LogP contribution in [0.3, 0.4) is 0 Å². The number of aromatic nitrogens is 2. The predicted octanol–water partition coefficient (Wildman–Crippen LogP) is 6.02. The zero-order chi connectivity index (χ0) is 29.7. The Labute approximate surface area is 247 Å². The number of esters is 1. The number of hydrogen-bond donors (Lipinski definition) is 1. The number of pyridine rings is 1. The third-order valence-corrected chi connectivity index (χ3v) is 8.10. The van der Waals surface area contributed by atoms with E-state index in [9.17, 15) is 13.2 Å². The van der Waals surface area contributed by atoms with E-state index in [4.69, 9.17) is 37.2 Å². The maximum atomic E-state index is 12.8. The number of ether oxygens (including phenoxy) is 3. The van der Waals surface area contributed by atoms with Crippen molar-refractivity contribution in [1.82, 2.24) is 14.9 Å². The van der Waals surface area contributed by atoms with Crippen LogP contribution in [0, 0.1) is 0 Å². The summed E-state index contributed by atoms with van der Waals surface area (Å²) >= 11 is 12.8. The van der Waals surface area contributed by atoms with Gasteiger partial charge in [-0.05, 0) is 42.5 Å². The molecule has 0 bridgehead atoms. The highest BCUT2D eigenvalue weighted by Gasteiger charge is 2.24. The van der Waals surface area contributed by atoms with Crippen molar-refractivity contribution in [2.24, 2.45) is 0 Å². The van der Waals surface area contributed by atoms with Crippen LogP contribution >= 0.6 is 23.2 Å². The van der Waals surface area contributed by atoms with Crippen molar-refractivity contribution in [2.75, 3.05) is 14.2 Å². The largest absolute Gasteiger partial charge is 0.481 e. The first-order chi connectivity index (χ1) is 19.6. The molecule has 216 valence electrons. The normalized spacial score (nSPS) is 11.5. The molecule has 10 nitrogen and oxygen atoms in total. The highest BCUT2D eigenvalue weighted by Crippen LogP contribution is 2.38. The molecule has 2 heterocycles. The molecule has 0 aliphatic heterocycles. The van der Waals surface area contributed by atoms with Crippen molar-refractivity contribution in [1.29, 1.82) is 0 Å². The first-order valence-electron chi connectivity index (χ1n) is 12.3. The van der Waals surface area contributed by atoms with Crippen molar-refractivity contribution in [3.05, 3.63) is 87.1 Å². The molecular formula is C28H27Cl2N3O7S. The number of halogens is 2. The van der Waals surface area contributed by atoms with E-state index in [0.29, 0.717) is 38.2 Å². The third-order valence-electron chi connectivity index (χ3n) is 6.05. The van der Waals surface area contributed by atoms with E-state index in [-0.39, 0.29) is 41.3 Å². The Morgan fingerprint density at radius 2 is 1.71 bits per heavy atom. The molecule has 0 radical (unpaired) electrons. The average molecular weight is 621 g/mol. The Hall–Kier alpha value is -3.64. The van der Waals surface area contributed by atoms with Crippen LogP contribution in [-0.4, -0.2) is 38.7 Å². The summed E-state index contributed by atoms with van der Waals surface area (Å²) in [5.74, 6) is 0.474. The maximum absolute atomic E-state index is 12.8. The Morgan fingerprint density at radius 1 is 1.02 bits per heavy atom. The second kappa shape index (κ2) is 12.9. The summed E-state index contributed by atoms with van der Waals surface area (Å²) in [7, 11) is -1.22. The van der Waals surface area contributed by atoms with E-state index in [1.165, 1.54) is 38.5 Å². The Morgan fingerprint density at radius 3 is 2.32 bits per heavy atom. The summed E-state index contributed by atoms with van der Waals surface area (Å²) in [6.07, 6.45) is 0. The number of methoxy groups -OCH3 is 2. The number of sulfonamides is 1. The topological polar surface area (TPSA) is 130 Å². The van der Waals surface area contributed by atoms with Crippen LogP contribution in [0.4, 0.5) is 0 Å². The third kappa shape index (κ3) is 6.82. The van der Waals surface area contributed by atoms with Gasteiger partial charge in [-0.15, -0.1) is 0 Å². The van der Waals surface area contributed by atoms with Gasteiger partial charge in [0, 0.05) is 29.7 Å². The lowest BCUT2D eigenvalue weighted by Gasteiger charge is -2.13. The number of nitrogens with zero attached hydrogens (tertiary/aromatic N) is 2. The van der Waals surface area contributed by atoms with Gasteiger partial charge in [0.1, 0.15) is 18.1 Å². The van der Waals surface area contributed by atoms with Gasteiger partial charge in [-0.1, -0.05) is 48.3 Å². The number of carbonyl (C=O) groups excluding carboxylic acids is 1. The number of nitrogens with one attached hydrogen (secondary N) is 1. The van der Waals surface area contributed by atoms with Gasteiger partial charge >= 0.3 is 5.97 Å². The van der Waals surface area contributed by atoms with Gasteiger partial charge < -0.3 is 18.7 Å². The van der Waals surface area contributed by atoms with Gasteiger partial charge in [0.25, 0.3) is 0 Å². The van der Waals surface area contributed by atoms with Crippen LogP contribution in [0.2, 0.25) is 10.0 Å². The summed E-state index contributed by atoms with van der Waals surface area (Å²) in [4.78, 5) is 16.0. The van der Waals surface area contributed by atoms with Crippen LogP contribution in [0.25, 0.3) is 11.3 Å². The minimum Gasteiger partial charge on any atom is -0.481 e. The monoisotopic (exact) mass is 619 g/mol. The smallest absolute Gasteiger partial charge is 0.337 e. The Balaban J connectivity index is 1.51. The fourth-order valence-electron chi connectivity index (χ4n) is 3.97. The van der Waals surface area contributed by atoms with E-state index in [1.807, 2.05) is 13.8 Å². The van der Waals surface area contributed by atoms with Crippen molar-refractivity contribution in [3.63, 3.8) is 0 Å². The van der Waals surface area contributed by atoms with E-state index >= 15 is 0 Å². The zero-order valence-electron chi connectivity index (χ0n) is 22.6. The van der Waals surface area contributed by atoms with Gasteiger partial charge in [0.2, 0.25) is 21.8 Å². The first-order valence-corrected chi connectivity index (χ1v) is 14.6. The second-order valence-electron chi connectivity index (χ2n) is 9.07. The van der Waals surface area contributed by atoms with Crippen LogP contribution < -0.4 is 14.2 Å². The van der Waals surface area contributed by atoms with E-state index < -0.39 is 16.0 Å². The lowest BCUT2D eigenvalue weighted by molar-refractivity contribution is 0.0600. The summed E-state index contributed by atoms with van der Waals surface area (Å²) in [6, 6.07) is 13.8. The van der Waals surface area contributed by atoms with Gasteiger partial charge in [-0.3, -0.25) is 0 Å². The van der Waals surface area contributed by atoms with Crippen LogP contribution in [0.15, 0.2) is 64.0 Å². The average Bonchev–Trinajstić information content (AvgIpc) is 3.38. The number of rotatable bonds is 11. The number of benzene rings is 2. The summed E-state index contributed by atoms with van der Waals surface area (Å²) < 4.78 is 49.7. The minimum atomic E-state index is -3.89. The summed E-state index contributed by atoms with van der Waals surface area (Å²) in [6.45, 7) is 3.88. The highest BCUT2D eigenvalue weighted by atomic mass is 35.5. The van der Waals surface area contributed by atoms with Crippen molar-refractivity contribution in [3.8, 4) is 23.0 Å². The number of hydrogen-bond acceptors (Lipinski definition) is 9. The van der Waals surface area contributed by atoms with Crippen LogP contribution in [0.1, 0.15) is 47.0 Å². The molecule has 0 amide bonds. The first kappa shape index (κ1) is 30.3. The number of carbonyl (C=O) groups is 1. The van der Waals surface area contributed by atoms with E-state index in [0.717, 1.165) is 0 Å². The van der Waals surface area contributed by atoms with Crippen LogP contribution in [0.5, 0.6) is 11.8 Å². The molecule has 0 aliphatic carbocycles. The van der Waals surface area contributed by atoms with Crippen molar-refractivity contribution in [2.45, 2.75) is 37.8 Å². The molecule has 0 saturated carbocycles. The van der Waals surface area contributed by atoms with Crippen molar-refractivity contribution < 1.29 is 31.9 Å². The Kier molecular flexibility index (Phi) is 9.54. The quantitative estimate of drug-likeness (QED) is 0.200. The standard InChI is InChI=1S/C28H27Cl2N3O7S/c1-16(2)26-20(25(33-40-26)24-21(29)6-5-7-22(24)30)15-39-23-13-10-18(27(32-23)37-3)14-31-41(35,36)19-11-8-17(9-12-19)28(34)38-4/h5-13,16,31H,14-15H2,1-4H3. The highest BCUT2D eigenvalue weighted by molar-refractivity contribution is 7.89. The van der Waals surface area contributed by atoms with Crippen molar-refractivity contribution >= 4 is 39.2 Å². The van der Waals surface area contributed by atoms with Gasteiger partial charge in [0.05, 0.1) is 40.3 Å². The molecule has 0 fully saturated rings. The summed E-state index contributed by atoms with van der Waals surface area (Å²) in [5.41, 5.74) is 2.40. The molecule has 13 heteroatoms. The molecule has 0 atom stereocenters. The molecule has 4 rings (SSSR count). The maximum Gasteiger partial charge on any atom is 0.337 e. The minimum absolute atomic E-state index is 0.00526. The molecule has 2 aromatic carbocycles. The van der Waals surface area contributed by atoms with Gasteiger partial charge in [-0.25, -0.2) is 17.9 Å². The molecule has 0 unspecified atom stereocenters.